The molecule has 2 aromatic carbocycles. The maximum absolute atomic E-state index is 13.1. The summed E-state index contributed by atoms with van der Waals surface area (Å²) in [6.45, 7) is 0.571. The smallest absolute Gasteiger partial charge is 0.251 e. The van der Waals surface area contributed by atoms with Crippen molar-refractivity contribution >= 4 is 34.9 Å². The first-order chi connectivity index (χ1) is 16.0. The van der Waals surface area contributed by atoms with Crippen LogP contribution >= 0.6 is 0 Å². The third-order valence-corrected chi connectivity index (χ3v) is 5.91. The number of benzene rings is 2. The number of H-pyrrole nitrogens is 1. The van der Waals surface area contributed by atoms with E-state index in [0.29, 0.717) is 24.8 Å². The standard InChI is InChI=1S/C25H26N4O4/c30-15-20(14-19-9-11-27-23(19)31)28-25(33)22(12-16-4-2-1-3-5-16)29-24(32)18-6-7-21-17(13-18)8-10-26-21/h1-8,10,13,15,19-20,22,26H,9,11-12,14H2,(H,27,31)(H,28,33)(H,29,32)/t19-,20-,22-/m0/s1. The number of rotatable bonds is 9. The van der Waals surface area contributed by atoms with Crippen LogP contribution in [0.3, 0.4) is 0 Å². The van der Waals surface area contributed by atoms with E-state index in [2.05, 4.69) is 20.9 Å². The molecule has 1 saturated heterocycles. The lowest BCUT2D eigenvalue weighted by atomic mass is 9.98. The maximum atomic E-state index is 13.1. The van der Waals surface area contributed by atoms with E-state index >= 15 is 0 Å². The summed E-state index contributed by atoms with van der Waals surface area (Å²) in [6.07, 6.45) is 3.56. The monoisotopic (exact) mass is 446 g/mol. The van der Waals surface area contributed by atoms with Gasteiger partial charge in [-0.2, -0.15) is 0 Å². The van der Waals surface area contributed by atoms with Crippen LogP contribution in [0.5, 0.6) is 0 Å². The number of aromatic amines is 1. The van der Waals surface area contributed by atoms with Crippen LogP contribution in [0.4, 0.5) is 0 Å². The molecule has 0 unspecified atom stereocenters. The Hall–Kier alpha value is -3.94. The van der Waals surface area contributed by atoms with Crippen LogP contribution in [-0.2, 0) is 20.8 Å². The number of aromatic nitrogens is 1. The average molecular weight is 447 g/mol. The fourth-order valence-corrected chi connectivity index (χ4v) is 4.10. The predicted molar refractivity (Wildman–Crippen MR) is 123 cm³/mol. The van der Waals surface area contributed by atoms with Crippen LogP contribution in [0.1, 0.15) is 28.8 Å². The van der Waals surface area contributed by atoms with Crippen LogP contribution in [0, 0.1) is 5.92 Å². The van der Waals surface area contributed by atoms with Gasteiger partial charge >= 0.3 is 0 Å². The molecule has 0 bridgehead atoms. The minimum Gasteiger partial charge on any atom is -0.361 e. The quantitative estimate of drug-likeness (QED) is 0.374. The average Bonchev–Trinajstić information content (AvgIpc) is 3.46. The van der Waals surface area contributed by atoms with Crippen LogP contribution in [0.15, 0.2) is 60.8 Å². The van der Waals surface area contributed by atoms with Gasteiger partial charge in [0.1, 0.15) is 12.3 Å². The van der Waals surface area contributed by atoms with Crippen molar-refractivity contribution in [1.82, 2.24) is 20.9 Å². The third kappa shape index (κ3) is 5.46. The van der Waals surface area contributed by atoms with Crippen molar-refractivity contribution in [3.63, 3.8) is 0 Å². The molecule has 0 aliphatic carbocycles. The number of fused-ring (bicyclic) bond motifs is 1. The van der Waals surface area contributed by atoms with Gasteiger partial charge in [0, 0.05) is 41.5 Å². The molecule has 0 saturated carbocycles. The summed E-state index contributed by atoms with van der Waals surface area (Å²) in [5, 5.41) is 9.15. The van der Waals surface area contributed by atoms with Gasteiger partial charge in [-0.1, -0.05) is 30.3 Å². The fraction of sp³-hybridized carbons (Fsp3) is 0.280. The fourth-order valence-electron chi connectivity index (χ4n) is 4.10. The molecular formula is C25H26N4O4. The molecular weight excluding hydrogens is 420 g/mol. The molecule has 170 valence electrons. The molecule has 1 aliphatic rings. The number of aldehydes is 1. The summed E-state index contributed by atoms with van der Waals surface area (Å²) >= 11 is 0. The van der Waals surface area contributed by atoms with Crippen LogP contribution < -0.4 is 16.0 Å². The number of amides is 3. The van der Waals surface area contributed by atoms with Gasteiger partial charge in [0.25, 0.3) is 5.91 Å². The van der Waals surface area contributed by atoms with Gasteiger partial charge < -0.3 is 25.7 Å². The van der Waals surface area contributed by atoms with E-state index in [1.165, 1.54) is 0 Å². The van der Waals surface area contributed by atoms with Gasteiger partial charge in [0.05, 0.1) is 6.04 Å². The Bertz CT molecular complexity index is 1160. The highest BCUT2D eigenvalue weighted by molar-refractivity contribution is 6.00. The highest BCUT2D eigenvalue weighted by atomic mass is 16.2. The van der Waals surface area contributed by atoms with E-state index in [4.69, 9.17) is 0 Å². The zero-order chi connectivity index (χ0) is 23.2. The summed E-state index contributed by atoms with van der Waals surface area (Å²) in [6, 6.07) is 14.8. The molecule has 4 N–H and O–H groups in total. The SMILES string of the molecule is O=C[C@H](C[C@@H]1CCNC1=O)NC(=O)[C@H](Cc1ccccc1)NC(=O)c1ccc2[nH]ccc2c1. The highest BCUT2D eigenvalue weighted by Crippen LogP contribution is 2.17. The summed E-state index contributed by atoms with van der Waals surface area (Å²) in [5.41, 5.74) is 2.22. The normalized spacial score (nSPS) is 17.2. The second-order valence-electron chi connectivity index (χ2n) is 8.26. The Morgan fingerprint density at radius 3 is 2.64 bits per heavy atom. The van der Waals surface area contributed by atoms with Gasteiger partial charge in [-0.05, 0) is 42.7 Å². The summed E-state index contributed by atoms with van der Waals surface area (Å²) in [5.74, 6) is -1.27. The van der Waals surface area contributed by atoms with Crippen molar-refractivity contribution in [2.45, 2.75) is 31.3 Å². The van der Waals surface area contributed by atoms with E-state index < -0.39 is 18.0 Å². The number of hydrogen-bond donors (Lipinski definition) is 4. The zero-order valence-electron chi connectivity index (χ0n) is 18.0. The van der Waals surface area contributed by atoms with Crippen molar-refractivity contribution in [1.29, 1.82) is 0 Å². The van der Waals surface area contributed by atoms with E-state index in [1.54, 1.807) is 18.3 Å². The van der Waals surface area contributed by atoms with Gasteiger partial charge in [-0.3, -0.25) is 14.4 Å². The molecule has 0 radical (unpaired) electrons. The second-order valence-corrected chi connectivity index (χ2v) is 8.26. The minimum atomic E-state index is -0.887. The lowest BCUT2D eigenvalue weighted by Crippen LogP contribution is -2.51. The number of hydrogen-bond acceptors (Lipinski definition) is 4. The lowest BCUT2D eigenvalue weighted by molar-refractivity contribution is -0.127. The Morgan fingerprint density at radius 1 is 1.09 bits per heavy atom. The Balaban J connectivity index is 1.49. The first-order valence-corrected chi connectivity index (χ1v) is 11.0. The number of nitrogens with one attached hydrogen (secondary N) is 4. The maximum Gasteiger partial charge on any atom is 0.251 e. The van der Waals surface area contributed by atoms with Crippen molar-refractivity contribution in [3.05, 3.63) is 71.9 Å². The molecule has 8 heteroatoms. The van der Waals surface area contributed by atoms with Crippen molar-refractivity contribution in [3.8, 4) is 0 Å². The molecule has 8 nitrogen and oxygen atoms in total. The van der Waals surface area contributed by atoms with Crippen LogP contribution in [-0.4, -0.2) is 47.6 Å². The van der Waals surface area contributed by atoms with Crippen molar-refractivity contribution in [2.75, 3.05) is 6.54 Å². The van der Waals surface area contributed by atoms with Crippen molar-refractivity contribution < 1.29 is 19.2 Å². The molecule has 3 atom stereocenters. The Morgan fingerprint density at radius 2 is 1.91 bits per heavy atom. The first kappa shape index (κ1) is 22.3. The topological polar surface area (TPSA) is 120 Å². The summed E-state index contributed by atoms with van der Waals surface area (Å²) in [4.78, 5) is 52.7. The van der Waals surface area contributed by atoms with E-state index in [0.717, 1.165) is 16.5 Å². The molecule has 3 amide bonds. The number of carbonyl (C=O) groups is 4. The van der Waals surface area contributed by atoms with Crippen LogP contribution in [0.2, 0.25) is 0 Å². The Labute approximate surface area is 191 Å². The third-order valence-electron chi connectivity index (χ3n) is 5.91. The molecule has 1 fully saturated rings. The first-order valence-electron chi connectivity index (χ1n) is 11.0. The molecule has 0 spiro atoms. The molecule has 2 heterocycles. The molecule has 1 aromatic heterocycles. The molecule has 4 rings (SSSR count). The van der Waals surface area contributed by atoms with Gasteiger partial charge in [-0.25, -0.2) is 0 Å². The van der Waals surface area contributed by atoms with E-state index in [-0.39, 0.29) is 30.6 Å². The van der Waals surface area contributed by atoms with E-state index in [9.17, 15) is 19.2 Å². The van der Waals surface area contributed by atoms with Crippen LogP contribution in [0.25, 0.3) is 10.9 Å². The lowest BCUT2D eigenvalue weighted by Gasteiger charge is -2.22. The van der Waals surface area contributed by atoms with Gasteiger partial charge in [-0.15, -0.1) is 0 Å². The molecule has 3 aromatic rings. The van der Waals surface area contributed by atoms with E-state index in [1.807, 2.05) is 42.5 Å². The predicted octanol–water partition coefficient (Wildman–Crippen LogP) is 1.72. The Kier molecular flexibility index (Phi) is 6.83. The largest absolute Gasteiger partial charge is 0.361 e. The van der Waals surface area contributed by atoms with Gasteiger partial charge in [0.2, 0.25) is 11.8 Å². The number of carbonyl (C=O) groups excluding carboxylic acids is 4. The van der Waals surface area contributed by atoms with Crippen molar-refractivity contribution in [2.24, 2.45) is 5.92 Å². The minimum absolute atomic E-state index is 0.106. The summed E-state index contributed by atoms with van der Waals surface area (Å²) in [7, 11) is 0. The highest BCUT2D eigenvalue weighted by Gasteiger charge is 2.30. The van der Waals surface area contributed by atoms with Gasteiger partial charge in [0.15, 0.2) is 0 Å². The molecule has 33 heavy (non-hydrogen) atoms. The zero-order valence-corrected chi connectivity index (χ0v) is 18.0. The molecule has 1 aliphatic heterocycles. The summed E-state index contributed by atoms with van der Waals surface area (Å²) < 4.78 is 0. The second kappa shape index (κ2) is 10.1.